The summed E-state index contributed by atoms with van der Waals surface area (Å²) in [5.74, 6) is 0.776. The van der Waals surface area contributed by atoms with Gasteiger partial charge in [-0.05, 0) is 24.5 Å². The highest BCUT2D eigenvalue weighted by molar-refractivity contribution is 5.46. The Morgan fingerprint density at radius 2 is 2.00 bits per heavy atom. The number of piperazine rings is 1. The largest absolute Gasteiger partial charge is 0.369 e. The quantitative estimate of drug-likeness (QED) is 0.754. The van der Waals surface area contributed by atoms with Crippen molar-refractivity contribution in [2.45, 2.75) is 52.0 Å². The average Bonchev–Trinajstić information content (AvgIpc) is 2.52. The van der Waals surface area contributed by atoms with Gasteiger partial charge in [-0.25, -0.2) is 0 Å². The molecule has 20 heavy (non-hydrogen) atoms. The first kappa shape index (κ1) is 15.4. The molecule has 112 valence electrons. The van der Waals surface area contributed by atoms with E-state index in [1.165, 1.54) is 37.8 Å². The third-order valence-corrected chi connectivity index (χ3v) is 4.53. The van der Waals surface area contributed by atoms with Gasteiger partial charge < -0.3 is 10.2 Å². The van der Waals surface area contributed by atoms with E-state index < -0.39 is 0 Å². The maximum atomic E-state index is 3.72. The molecule has 2 nitrogen and oxygen atoms in total. The zero-order chi connectivity index (χ0) is 14.2. The fourth-order valence-corrected chi connectivity index (χ4v) is 3.13. The van der Waals surface area contributed by atoms with E-state index in [-0.39, 0.29) is 0 Å². The van der Waals surface area contributed by atoms with Crippen LogP contribution < -0.4 is 10.2 Å². The van der Waals surface area contributed by atoms with Crippen LogP contribution in [0.3, 0.4) is 0 Å². The molecule has 1 aliphatic heterocycles. The summed E-state index contributed by atoms with van der Waals surface area (Å²) in [5.41, 5.74) is 1.37. The fraction of sp³-hybridized carbons (Fsp3) is 0.667. The number of hydrogen-bond donors (Lipinski definition) is 1. The van der Waals surface area contributed by atoms with Gasteiger partial charge in [-0.15, -0.1) is 0 Å². The van der Waals surface area contributed by atoms with Crippen molar-refractivity contribution >= 4 is 5.69 Å². The Hall–Kier alpha value is -1.02. The monoisotopic (exact) mass is 274 g/mol. The van der Waals surface area contributed by atoms with Gasteiger partial charge in [-0.3, -0.25) is 0 Å². The lowest BCUT2D eigenvalue weighted by molar-refractivity contribution is 0.325. The summed E-state index contributed by atoms with van der Waals surface area (Å²) in [5, 5.41) is 3.72. The molecule has 2 unspecified atom stereocenters. The molecule has 1 N–H and O–H groups in total. The first-order valence-electron chi connectivity index (χ1n) is 8.34. The van der Waals surface area contributed by atoms with Crippen molar-refractivity contribution in [3.8, 4) is 0 Å². The summed E-state index contributed by atoms with van der Waals surface area (Å²) in [6, 6.07) is 11.5. The number of nitrogens with one attached hydrogen (secondary N) is 1. The van der Waals surface area contributed by atoms with Crippen LogP contribution in [0, 0.1) is 5.92 Å². The number of hydrogen-bond acceptors (Lipinski definition) is 2. The van der Waals surface area contributed by atoms with Crippen LogP contribution in [-0.4, -0.2) is 25.7 Å². The average molecular weight is 274 g/mol. The zero-order valence-electron chi connectivity index (χ0n) is 13.1. The van der Waals surface area contributed by atoms with Gasteiger partial charge in [0.25, 0.3) is 0 Å². The minimum Gasteiger partial charge on any atom is -0.369 e. The molecule has 0 saturated carbocycles. The van der Waals surface area contributed by atoms with Gasteiger partial charge in [0.05, 0.1) is 0 Å². The predicted octanol–water partition coefficient (Wildman–Crippen LogP) is 4.07. The van der Waals surface area contributed by atoms with Crippen molar-refractivity contribution in [2.24, 2.45) is 5.92 Å². The molecule has 1 heterocycles. The summed E-state index contributed by atoms with van der Waals surface area (Å²) >= 11 is 0. The summed E-state index contributed by atoms with van der Waals surface area (Å²) in [6.45, 7) is 8.09. The van der Waals surface area contributed by atoms with E-state index in [0.717, 1.165) is 25.6 Å². The van der Waals surface area contributed by atoms with E-state index in [9.17, 15) is 0 Å². The number of anilines is 1. The number of nitrogens with zero attached hydrogens (tertiary/aromatic N) is 1. The molecular weight excluding hydrogens is 244 g/mol. The van der Waals surface area contributed by atoms with E-state index in [1.54, 1.807) is 0 Å². The van der Waals surface area contributed by atoms with Crippen molar-refractivity contribution in [1.29, 1.82) is 0 Å². The third kappa shape index (κ3) is 4.52. The Bertz CT molecular complexity index is 363. The van der Waals surface area contributed by atoms with Gasteiger partial charge >= 0.3 is 0 Å². The number of para-hydroxylation sites is 1. The Kier molecular flexibility index (Phi) is 6.38. The van der Waals surface area contributed by atoms with Crippen LogP contribution in [0.2, 0.25) is 0 Å². The molecule has 0 aliphatic carbocycles. The molecule has 1 aromatic carbocycles. The summed E-state index contributed by atoms with van der Waals surface area (Å²) in [7, 11) is 0. The summed E-state index contributed by atoms with van der Waals surface area (Å²) < 4.78 is 0. The van der Waals surface area contributed by atoms with Crippen LogP contribution in [0.4, 0.5) is 5.69 Å². The number of unbranched alkanes of at least 4 members (excludes halogenated alkanes) is 3. The van der Waals surface area contributed by atoms with Crippen molar-refractivity contribution in [2.75, 3.05) is 24.5 Å². The molecule has 2 atom stereocenters. The second kappa shape index (κ2) is 8.31. The van der Waals surface area contributed by atoms with Crippen LogP contribution in [0.5, 0.6) is 0 Å². The van der Waals surface area contributed by atoms with Crippen LogP contribution in [0.1, 0.15) is 46.0 Å². The van der Waals surface area contributed by atoms with Crippen LogP contribution in [0.25, 0.3) is 0 Å². The predicted molar refractivity (Wildman–Crippen MR) is 88.4 cm³/mol. The van der Waals surface area contributed by atoms with Gasteiger partial charge in [-0.1, -0.05) is 57.7 Å². The molecule has 2 rings (SSSR count). The Morgan fingerprint density at radius 3 is 2.75 bits per heavy atom. The molecule has 0 bridgehead atoms. The van der Waals surface area contributed by atoms with Gasteiger partial charge in [0, 0.05) is 31.4 Å². The van der Waals surface area contributed by atoms with Crippen LogP contribution in [-0.2, 0) is 0 Å². The van der Waals surface area contributed by atoms with Crippen molar-refractivity contribution in [3.05, 3.63) is 30.3 Å². The molecule has 1 fully saturated rings. The topological polar surface area (TPSA) is 15.3 Å². The molecule has 0 radical (unpaired) electrons. The molecule has 1 aromatic rings. The first-order chi connectivity index (χ1) is 9.81. The van der Waals surface area contributed by atoms with Crippen LogP contribution >= 0.6 is 0 Å². The Morgan fingerprint density at radius 1 is 1.20 bits per heavy atom. The van der Waals surface area contributed by atoms with Gasteiger partial charge in [0.2, 0.25) is 0 Å². The third-order valence-electron chi connectivity index (χ3n) is 4.53. The van der Waals surface area contributed by atoms with E-state index in [2.05, 4.69) is 54.4 Å². The van der Waals surface area contributed by atoms with Gasteiger partial charge in [0.15, 0.2) is 0 Å². The molecule has 0 amide bonds. The van der Waals surface area contributed by atoms with Crippen molar-refractivity contribution in [1.82, 2.24) is 5.32 Å². The second-order valence-corrected chi connectivity index (χ2v) is 6.17. The minimum absolute atomic E-state index is 0.644. The lowest BCUT2D eigenvalue weighted by Crippen LogP contribution is -2.53. The summed E-state index contributed by atoms with van der Waals surface area (Å²) in [4.78, 5) is 2.53. The fourth-order valence-electron chi connectivity index (χ4n) is 3.13. The molecule has 0 aromatic heterocycles. The molecule has 1 saturated heterocycles. The van der Waals surface area contributed by atoms with E-state index in [0.29, 0.717) is 6.04 Å². The molecule has 0 spiro atoms. The maximum Gasteiger partial charge on any atom is 0.0367 e. The van der Waals surface area contributed by atoms with Crippen molar-refractivity contribution in [3.63, 3.8) is 0 Å². The number of rotatable bonds is 7. The maximum absolute atomic E-state index is 3.72. The lowest BCUT2D eigenvalue weighted by Gasteiger charge is -2.38. The second-order valence-electron chi connectivity index (χ2n) is 6.17. The summed E-state index contributed by atoms with van der Waals surface area (Å²) in [6.07, 6.45) is 6.87. The SMILES string of the molecule is CCCCCCC(C)C1CN(c2ccccc2)CCN1. The van der Waals surface area contributed by atoms with Crippen molar-refractivity contribution < 1.29 is 0 Å². The number of benzene rings is 1. The van der Waals surface area contributed by atoms with Crippen LogP contribution in [0.15, 0.2) is 30.3 Å². The van der Waals surface area contributed by atoms with E-state index >= 15 is 0 Å². The zero-order valence-corrected chi connectivity index (χ0v) is 13.1. The minimum atomic E-state index is 0.644. The smallest absolute Gasteiger partial charge is 0.0367 e. The Labute approximate surface area is 124 Å². The highest BCUT2D eigenvalue weighted by Crippen LogP contribution is 2.20. The standard InChI is InChI=1S/C18H30N2/c1-3-4-5-7-10-16(2)18-15-20(14-13-19-18)17-11-8-6-9-12-17/h6,8-9,11-12,16,18-19H,3-5,7,10,13-15H2,1-2H3. The Balaban J connectivity index is 1.81. The normalized spacial score (nSPS) is 20.9. The van der Waals surface area contributed by atoms with E-state index in [1.807, 2.05) is 0 Å². The highest BCUT2D eigenvalue weighted by atomic mass is 15.2. The molecular formula is C18H30N2. The lowest BCUT2D eigenvalue weighted by atomic mass is 9.93. The first-order valence-corrected chi connectivity index (χ1v) is 8.34. The molecule has 1 aliphatic rings. The highest BCUT2D eigenvalue weighted by Gasteiger charge is 2.23. The molecule has 2 heteroatoms. The van der Waals surface area contributed by atoms with Gasteiger partial charge in [0.1, 0.15) is 0 Å². The van der Waals surface area contributed by atoms with Gasteiger partial charge in [-0.2, -0.15) is 0 Å². The van der Waals surface area contributed by atoms with E-state index in [4.69, 9.17) is 0 Å².